The molecule has 10 heteroatoms. The molecule has 178 valence electrons. The smallest absolute Gasteiger partial charge is 0.338 e. The van der Waals surface area contributed by atoms with Crippen molar-refractivity contribution in [2.24, 2.45) is 0 Å². The lowest BCUT2D eigenvalue weighted by Gasteiger charge is -2.33. The zero-order chi connectivity index (χ0) is 25.0. The maximum absolute atomic E-state index is 13.4. The van der Waals surface area contributed by atoms with Crippen LogP contribution in [0.25, 0.3) is 0 Å². The lowest BCUT2D eigenvalue weighted by atomic mass is 10.1. The number of benzene rings is 2. The standard InChI is InChI=1S/C24H25N3O7/c1-4-15(3)25(22(29)17-7-6-8-19(13-17)27(32)33)20-14-21(28)26(23(20)30)18-11-9-16(10-12-18)24(31)34-5-2/h6-13,15,20H,4-5,14H2,1-3H3. The molecule has 3 rings (SSSR count). The number of imide groups is 1. The fourth-order valence-electron chi connectivity index (χ4n) is 3.81. The summed E-state index contributed by atoms with van der Waals surface area (Å²) in [5, 5.41) is 11.1. The van der Waals surface area contributed by atoms with Gasteiger partial charge in [0.25, 0.3) is 17.5 Å². The molecule has 2 unspecified atom stereocenters. The van der Waals surface area contributed by atoms with Gasteiger partial charge in [0.15, 0.2) is 0 Å². The van der Waals surface area contributed by atoms with E-state index in [1.807, 2.05) is 6.92 Å². The Morgan fingerprint density at radius 3 is 2.41 bits per heavy atom. The van der Waals surface area contributed by atoms with Crippen molar-refractivity contribution in [3.8, 4) is 0 Å². The number of hydrogen-bond acceptors (Lipinski definition) is 7. The summed E-state index contributed by atoms with van der Waals surface area (Å²) in [5.41, 5.74) is 0.375. The van der Waals surface area contributed by atoms with Gasteiger partial charge in [0.2, 0.25) is 5.91 Å². The monoisotopic (exact) mass is 467 g/mol. The molecule has 3 amide bonds. The number of carbonyl (C=O) groups is 4. The van der Waals surface area contributed by atoms with Gasteiger partial charge in [-0.3, -0.25) is 24.5 Å². The van der Waals surface area contributed by atoms with Crippen LogP contribution in [0.4, 0.5) is 11.4 Å². The first kappa shape index (κ1) is 24.6. The van der Waals surface area contributed by atoms with Crippen LogP contribution in [-0.2, 0) is 14.3 Å². The van der Waals surface area contributed by atoms with Crippen molar-refractivity contribution in [3.63, 3.8) is 0 Å². The number of nitro benzene ring substituents is 1. The number of anilines is 1. The number of ether oxygens (including phenoxy) is 1. The van der Waals surface area contributed by atoms with Crippen molar-refractivity contribution in [1.29, 1.82) is 0 Å². The van der Waals surface area contributed by atoms with Crippen LogP contribution >= 0.6 is 0 Å². The Bertz CT molecular complexity index is 1130. The third kappa shape index (κ3) is 4.80. The first-order valence-corrected chi connectivity index (χ1v) is 10.9. The average molecular weight is 467 g/mol. The fraction of sp³-hybridized carbons (Fsp3) is 0.333. The molecule has 0 aliphatic carbocycles. The van der Waals surface area contributed by atoms with Crippen molar-refractivity contribution in [1.82, 2.24) is 4.90 Å². The van der Waals surface area contributed by atoms with E-state index in [0.717, 1.165) is 11.0 Å². The summed E-state index contributed by atoms with van der Waals surface area (Å²) >= 11 is 0. The molecule has 0 bridgehead atoms. The summed E-state index contributed by atoms with van der Waals surface area (Å²) in [6.45, 7) is 5.50. The number of rotatable bonds is 8. The summed E-state index contributed by atoms with van der Waals surface area (Å²) in [7, 11) is 0. The Labute approximate surface area is 196 Å². The topological polar surface area (TPSA) is 127 Å². The minimum atomic E-state index is -1.06. The molecule has 0 N–H and O–H groups in total. The highest BCUT2D eigenvalue weighted by atomic mass is 16.6. The van der Waals surface area contributed by atoms with Gasteiger partial charge in [0.1, 0.15) is 6.04 Å². The summed E-state index contributed by atoms with van der Waals surface area (Å²) in [6, 6.07) is 9.68. The van der Waals surface area contributed by atoms with Gasteiger partial charge in [0.05, 0.1) is 29.2 Å². The van der Waals surface area contributed by atoms with Crippen LogP contribution in [-0.4, -0.2) is 52.2 Å². The van der Waals surface area contributed by atoms with E-state index in [4.69, 9.17) is 4.74 Å². The number of carbonyl (C=O) groups excluding carboxylic acids is 4. The zero-order valence-electron chi connectivity index (χ0n) is 19.1. The van der Waals surface area contributed by atoms with Crippen LogP contribution < -0.4 is 4.90 Å². The van der Waals surface area contributed by atoms with Gasteiger partial charge in [-0.2, -0.15) is 0 Å². The summed E-state index contributed by atoms with van der Waals surface area (Å²) in [4.78, 5) is 64.2. The molecular weight excluding hydrogens is 442 g/mol. The van der Waals surface area contributed by atoms with Crippen LogP contribution in [0, 0.1) is 10.1 Å². The van der Waals surface area contributed by atoms with E-state index in [1.54, 1.807) is 13.8 Å². The van der Waals surface area contributed by atoms with E-state index in [-0.39, 0.29) is 35.5 Å². The molecule has 2 aromatic carbocycles. The van der Waals surface area contributed by atoms with Crippen LogP contribution in [0.1, 0.15) is 54.3 Å². The molecule has 2 atom stereocenters. The van der Waals surface area contributed by atoms with E-state index in [0.29, 0.717) is 6.42 Å². The summed E-state index contributed by atoms with van der Waals surface area (Å²) < 4.78 is 4.94. The molecular formula is C24H25N3O7. The van der Waals surface area contributed by atoms with Gasteiger partial charge in [-0.05, 0) is 50.6 Å². The molecule has 34 heavy (non-hydrogen) atoms. The predicted octanol–water partition coefficient (Wildman–Crippen LogP) is 3.34. The molecule has 0 aromatic heterocycles. The Hall–Kier alpha value is -4.08. The number of hydrogen-bond donors (Lipinski definition) is 0. The highest BCUT2D eigenvalue weighted by Crippen LogP contribution is 2.29. The molecule has 0 saturated carbocycles. The number of amides is 3. The van der Waals surface area contributed by atoms with Gasteiger partial charge in [0, 0.05) is 23.7 Å². The van der Waals surface area contributed by atoms with E-state index >= 15 is 0 Å². The zero-order valence-corrected chi connectivity index (χ0v) is 19.1. The average Bonchev–Trinajstić information content (AvgIpc) is 3.12. The number of nitro groups is 1. The third-order valence-corrected chi connectivity index (χ3v) is 5.70. The third-order valence-electron chi connectivity index (χ3n) is 5.70. The molecule has 1 saturated heterocycles. The van der Waals surface area contributed by atoms with Gasteiger partial charge in [-0.25, -0.2) is 9.69 Å². The molecule has 10 nitrogen and oxygen atoms in total. The number of nitrogens with zero attached hydrogens (tertiary/aromatic N) is 3. The predicted molar refractivity (Wildman–Crippen MR) is 122 cm³/mol. The van der Waals surface area contributed by atoms with Crippen molar-refractivity contribution in [2.75, 3.05) is 11.5 Å². The second-order valence-corrected chi connectivity index (χ2v) is 7.83. The Morgan fingerprint density at radius 1 is 1.15 bits per heavy atom. The summed E-state index contributed by atoms with van der Waals surface area (Å²) in [5.74, 6) is -2.15. The van der Waals surface area contributed by atoms with E-state index in [9.17, 15) is 29.3 Å². The Balaban J connectivity index is 1.91. The normalized spacial score (nSPS) is 16.3. The van der Waals surface area contributed by atoms with Crippen molar-refractivity contribution < 1.29 is 28.8 Å². The largest absolute Gasteiger partial charge is 0.462 e. The summed E-state index contributed by atoms with van der Waals surface area (Å²) in [6.07, 6.45) is 0.288. The van der Waals surface area contributed by atoms with E-state index in [1.165, 1.54) is 47.4 Å². The molecule has 0 radical (unpaired) electrons. The van der Waals surface area contributed by atoms with Crippen LogP contribution in [0.5, 0.6) is 0 Å². The SMILES string of the molecule is CCOC(=O)c1ccc(N2C(=O)CC(N(C(=O)c3cccc([N+](=O)[O-])c3)C(C)CC)C2=O)cc1. The molecule has 1 aliphatic rings. The Morgan fingerprint density at radius 2 is 1.82 bits per heavy atom. The maximum atomic E-state index is 13.4. The van der Waals surface area contributed by atoms with Gasteiger partial charge < -0.3 is 9.64 Å². The molecule has 1 heterocycles. The lowest BCUT2D eigenvalue weighted by molar-refractivity contribution is -0.384. The first-order valence-electron chi connectivity index (χ1n) is 10.9. The number of non-ortho nitro benzene ring substituents is 1. The lowest BCUT2D eigenvalue weighted by Crippen LogP contribution is -2.49. The van der Waals surface area contributed by atoms with Crippen molar-refractivity contribution >= 4 is 35.1 Å². The van der Waals surface area contributed by atoms with Crippen molar-refractivity contribution in [2.45, 2.75) is 45.7 Å². The highest BCUT2D eigenvalue weighted by molar-refractivity contribution is 6.23. The van der Waals surface area contributed by atoms with Crippen molar-refractivity contribution in [3.05, 3.63) is 69.8 Å². The van der Waals surface area contributed by atoms with Gasteiger partial charge in [-0.15, -0.1) is 0 Å². The van der Waals surface area contributed by atoms with E-state index < -0.39 is 40.7 Å². The maximum Gasteiger partial charge on any atom is 0.338 e. The molecule has 1 fully saturated rings. The van der Waals surface area contributed by atoms with Gasteiger partial charge in [-0.1, -0.05) is 13.0 Å². The van der Waals surface area contributed by atoms with E-state index in [2.05, 4.69) is 0 Å². The van der Waals surface area contributed by atoms with Gasteiger partial charge >= 0.3 is 5.97 Å². The fourth-order valence-corrected chi connectivity index (χ4v) is 3.81. The number of esters is 1. The van der Waals surface area contributed by atoms with Crippen LogP contribution in [0.2, 0.25) is 0 Å². The Kier molecular flexibility index (Phi) is 7.40. The minimum absolute atomic E-state index is 0.0620. The second-order valence-electron chi connectivity index (χ2n) is 7.83. The second kappa shape index (κ2) is 10.2. The highest BCUT2D eigenvalue weighted by Gasteiger charge is 2.45. The molecule has 2 aromatic rings. The quantitative estimate of drug-likeness (QED) is 0.252. The molecule has 0 spiro atoms. The van der Waals surface area contributed by atoms with Crippen LogP contribution in [0.15, 0.2) is 48.5 Å². The molecule has 1 aliphatic heterocycles. The van der Waals surface area contributed by atoms with Crippen LogP contribution in [0.3, 0.4) is 0 Å². The first-order chi connectivity index (χ1) is 16.2. The minimum Gasteiger partial charge on any atom is -0.462 e.